The van der Waals surface area contributed by atoms with Gasteiger partial charge >= 0.3 is 7.60 Å². The minimum absolute atomic E-state index is 0.0250. The Morgan fingerprint density at radius 3 is 2.59 bits per heavy atom. The number of carbonyl (C=O) groups excluding carboxylic acids is 1. The van der Waals surface area contributed by atoms with Gasteiger partial charge in [-0.3, -0.25) is 9.36 Å². The first-order valence-electron chi connectivity index (χ1n) is 7.09. The Morgan fingerprint density at radius 1 is 1.41 bits per heavy atom. The molecule has 122 valence electrons. The van der Waals surface area contributed by atoms with Crippen LogP contribution in [0.4, 0.5) is 5.69 Å². The van der Waals surface area contributed by atoms with E-state index in [4.69, 9.17) is 20.6 Å². The maximum Gasteiger partial charge on any atom is 0.331 e. The molecule has 1 aromatic rings. The quantitative estimate of drug-likeness (QED) is 0.761. The molecule has 5 nitrogen and oxygen atoms in total. The molecular formula is C15H21ClNO4P. The van der Waals surface area contributed by atoms with Crippen molar-refractivity contribution in [3.63, 3.8) is 0 Å². The second-order valence-corrected chi connectivity index (χ2v) is 8.39. The Kier molecular flexibility index (Phi) is 5.03. The van der Waals surface area contributed by atoms with Crippen LogP contribution in [0.5, 0.6) is 0 Å². The zero-order chi connectivity index (χ0) is 16.5. The molecule has 1 heterocycles. The van der Waals surface area contributed by atoms with Gasteiger partial charge in [0.1, 0.15) is 0 Å². The summed E-state index contributed by atoms with van der Waals surface area (Å²) in [6.45, 7) is 4.21. The molecule has 1 atom stereocenters. The topological polar surface area (TPSA) is 55.8 Å². The van der Waals surface area contributed by atoms with Gasteiger partial charge in [0.15, 0.2) is 0 Å². The van der Waals surface area contributed by atoms with Crippen LogP contribution in [0.3, 0.4) is 0 Å². The van der Waals surface area contributed by atoms with Gasteiger partial charge in [-0.05, 0) is 23.8 Å². The molecule has 0 saturated heterocycles. The van der Waals surface area contributed by atoms with Gasteiger partial charge in [0, 0.05) is 43.3 Å². The third kappa shape index (κ3) is 3.09. The zero-order valence-electron chi connectivity index (χ0n) is 13.3. The van der Waals surface area contributed by atoms with Crippen LogP contribution in [-0.4, -0.2) is 32.8 Å². The molecule has 0 aliphatic carbocycles. The second-order valence-electron chi connectivity index (χ2n) is 5.69. The Labute approximate surface area is 136 Å². The summed E-state index contributed by atoms with van der Waals surface area (Å²) in [7, 11) is -0.470. The molecule has 1 aliphatic heterocycles. The van der Waals surface area contributed by atoms with Gasteiger partial charge in [0.25, 0.3) is 0 Å². The average molecular weight is 346 g/mol. The van der Waals surface area contributed by atoms with Gasteiger partial charge < -0.3 is 13.9 Å². The number of rotatable bonds is 5. The van der Waals surface area contributed by atoms with Crippen LogP contribution in [0.25, 0.3) is 0 Å². The fourth-order valence-corrected chi connectivity index (χ4v) is 4.63. The SMILES string of the molecule is CCC(=O)N1CC(C)(CP(=O)(OC)OC)c2cc(Cl)ccc21. The number of nitrogens with zero attached hydrogens (tertiary/aromatic N) is 1. The van der Waals surface area contributed by atoms with Gasteiger partial charge in [-0.2, -0.15) is 0 Å². The monoisotopic (exact) mass is 345 g/mol. The van der Waals surface area contributed by atoms with Crippen molar-refractivity contribution in [2.45, 2.75) is 25.7 Å². The van der Waals surface area contributed by atoms with Crippen LogP contribution >= 0.6 is 19.2 Å². The van der Waals surface area contributed by atoms with E-state index < -0.39 is 13.0 Å². The number of halogens is 1. The van der Waals surface area contributed by atoms with E-state index in [1.165, 1.54) is 14.2 Å². The predicted molar refractivity (Wildman–Crippen MR) is 87.9 cm³/mol. The van der Waals surface area contributed by atoms with E-state index in [1.54, 1.807) is 11.0 Å². The van der Waals surface area contributed by atoms with Crippen molar-refractivity contribution < 1.29 is 18.4 Å². The minimum atomic E-state index is -3.21. The maximum absolute atomic E-state index is 12.6. The lowest BCUT2D eigenvalue weighted by Gasteiger charge is -2.28. The Morgan fingerprint density at radius 2 is 2.05 bits per heavy atom. The lowest BCUT2D eigenvalue weighted by Crippen LogP contribution is -2.37. The third-order valence-electron chi connectivity index (χ3n) is 4.11. The predicted octanol–water partition coefficient (Wildman–Crippen LogP) is 3.84. The third-order valence-corrected chi connectivity index (χ3v) is 6.54. The summed E-state index contributed by atoms with van der Waals surface area (Å²) in [5.41, 5.74) is 1.18. The molecule has 22 heavy (non-hydrogen) atoms. The number of carbonyl (C=O) groups is 1. The molecular weight excluding hydrogens is 325 g/mol. The number of benzene rings is 1. The average Bonchev–Trinajstić information content (AvgIpc) is 2.79. The van der Waals surface area contributed by atoms with E-state index in [9.17, 15) is 9.36 Å². The van der Waals surface area contributed by atoms with E-state index in [0.717, 1.165) is 11.3 Å². The Bertz CT molecular complexity index is 628. The molecule has 0 N–H and O–H groups in total. The summed E-state index contributed by atoms with van der Waals surface area (Å²) >= 11 is 6.12. The van der Waals surface area contributed by atoms with Gasteiger partial charge in [-0.15, -0.1) is 0 Å². The normalized spacial score (nSPS) is 21.0. The minimum Gasteiger partial charge on any atom is -0.312 e. The van der Waals surface area contributed by atoms with Crippen molar-refractivity contribution in [3.05, 3.63) is 28.8 Å². The van der Waals surface area contributed by atoms with E-state index in [1.807, 2.05) is 26.0 Å². The molecule has 0 spiro atoms. The van der Waals surface area contributed by atoms with Crippen LogP contribution in [0.15, 0.2) is 18.2 Å². The molecule has 0 radical (unpaired) electrons. The molecule has 1 aliphatic rings. The second kappa shape index (κ2) is 6.32. The fraction of sp³-hybridized carbons (Fsp3) is 0.533. The van der Waals surface area contributed by atoms with Crippen molar-refractivity contribution in [1.82, 2.24) is 0 Å². The van der Waals surface area contributed by atoms with Gasteiger partial charge in [0.05, 0.1) is 6.16 Å². The highest BCUT2D eigenvalue weighted by molar-refractivity contribution is 7.53. The number of hydrogen-bond acceptors (Lipinski definition) is 4. The molecule has 0 saturated carbocycles. The van der Waals surface area contributed by atoms with Crippen molar-refractivity contribution >= 4 is 30.8 Å². The lowest BCUT2D eigenvalue weighted by molar-refractivity contribution is -0.118. The molecule has 1 unspecified atom stereocenters. The van der Waals surface area contributed by atoms with Crippen LogP contribution in [0.1, 0.15) is 25.8 Å². The highest BCUT2D eigenvalue weighted by atomic mass is 35.5. The number of amides is 1. The van der Waals surface area contributed by atoms with Crippen molar-refractivity contribution in [2.24, 2.45) is 0 Å². The standard InChI is InChI=1S/C15H21ClNO4P/c1-5-14(18)17-9-15(2,10-22(19,20-3)21-4)12-8-11(16)6-7-13(12)17/h6-8H,5,9-10H2,1-4H3. The summed E-state index contributed by atoms with van der Waals surface area (Å²) < 4.78 is 22.7. The van der Waals surface area contributed by atoms with Crippen molar-refractivity contribution in [1.29, 1.82) is 0 Å². The van der Waals surface area contributed by atoms with Gasteiger partial charge in [-0.25, -0.2) is 0 Å². The first-order valence-corrected chi connectivity index (χ1v) is 9.20. The molecule has 0 fully saturated rings. The van der Waals surface area contributed by atoms with E-state index in [0.29, 0.717) is 18.0 Å². The fourth-order valence-electron chi connectivity index (χ4n) is 2.93. The van der Waals surface area contributed by atoms with Crippen LogP contribution in [0.2, 0.25) is 5.02 Å². The summed E-state index contributed by atoms with van der Waals surface area (Å²) in [4.78, 5) is 13.9. The summed E-state index contributed by atoms with van der Waals surface area (Å²) in [6.07, 6.45) is 0.595. The highest BCUT2D eigenvalue weighted by Gasteiger charge is 2.45. The first-order chi connectivity index (χ1) is 10.3. The van der Waals surface area contributed by atoms with Crippen LogP contribution in [0, 0.1) is 0 Å². The molecule has 0 aromatic heterocycles. The first kappa shape index (κ1) is 17.5. The van der Waals surface area contributed by atoms with Crippen molar-refractivity contribution in [3.8, 4) is 0 Å². The van der Waals surface area contributed by atoms with E-state index >= 15 is 0 Å². The highest BCUT2D eigenvalue weighted by Crippen LogP contribution is 2.55. The molecule has 1 aromatic carbocycles. The van der Waals surface area contributed by atoms with Crippen LogP contribution in [-0.2, 0) is 23.8 Å². The van der Waals surface area contributed by atoms with Crippen molar-refractivity contribution in [2.75, 3.05) is 31.8 Å². The van der Waals surface area contributed by atoms with Gasteiger partial charge in [0.2, 0.25) is 5.91 Å². The molecule has 7 heteroatoms. The van der Waals surface area contributed by atoms with E-state index in [-0.39, 0.29) is 12.1 Å². The number of hydrogen-bond donors (Lipinski definition) is 0. The summed E-state index contributed by atoms with van der Waals surface area (Å²) in [5, 5.41) is 0.584. The lowest BCUT2D eigenvalue weighted by atomic mass is 9.87. The summed E-state index contributed by atoms with van der Waals surface area (Å²) in [6, 6.07) is 5.42. The van der Waals surface area contributed by atoms with Gasteiger partial charge in [-0.1, -0.05) is 25.4 Å². The zero-order valence-corrected chi connectivity index (χ0v) is 14.9. The smallest absolute Gasteiger partial charge is 0.312 e. The maximum atomic E-state index is 12.6. The molecule has 0 bridgehead atoms. The Hall–Kier alpha value is -0.870. The van der Waals surface area contributed by atoms with Crippen LogP contribution < -0.4 is 4.90 Å². The Balaban J connectivity index is 2.49. The number of fused-ring (bicyclic) bond motifs is 1. The summed E-state index contributed by atoms with van der Waals surface area (Å²) in [5.74, 6) is 0.0250. The van der Waals surface area contributed by atoms with E-state index in [2.05, 4.69) is 0 Å². The molecule has 2 rings (SSSR count). The number of anilines is 1. The molecule has 1 amide bonds. The largest absolute Gasteiger partial charge is 0.331 e.